The second-order valence-corrected chi connectivity index (χ2v) is 5.27. The first-order chi connectivity index (χ1) is 6.42. The maximum atomic E-state index is 11.6. The summed E-state index contributed by atoms with van der Waals surface area (Å²) in [5.41, 5.74) is 0.870. The van der Waals surface area contributed by atoms with Crippen LogP contribution in [0.4, 0.5) is 0 Å². The lowest BCUT2D eigenvalue weighted by Crippen LogP contribution is -2.13. The number of carbonyl (C=O) groups is 1. The van der Waals surface area contributed by atoms with Gasteiger partial charge in [0.15, 0.2) is 9.84 Å². The Morgan fingerprint density at radius 3 is 2.50 bits per heavy atom. The monoisotopic (exact) mass is 212 g/mol. The third kappa shape index (κ3) is 2.67. The molecule has 4 heteroatoms. The van der Waals surface area contributed by atoms with E-state index in [-0.39, 0.29) is 10.7 Å². The largest absolute Gasteiger partial charge is 0.299 e. The SMILES string of the molecule is CC(=O)CS(=O)(=O)c1cccc(C)c1. The van der Waals surface area contributed by atoms with Gasteiger partial charge in [0.2, 0.25) is 0 Å². The van der Waals surface area contributed by atoms with E-state index in [2.05, 4.69) is 0 Å². The van der Waals surface area contributed by atoms with Gasteiger partial charge >= 0.3 is 0 Å². The van der Waals surface area contributed by atoms with Gasteiger partial charge in [-0.05, 0) is 31.5 Å². The number of sulfone groups is 1. The fourth-order valence-corrected chi connectivity index (χ4v) is 2.51. The molecule has 0 N–H and O–H groups in total. The first-order valence-corrected chi connectivity index (χ1v) is 5.86. The zero-order valence-electron chi connectivity index (χ0n) is 8.15. The molecule has 0 fully saturated rings. The number of ketones is 1. The van der Waals surface area contributed by atoms with Crippen molar-refractivity contribution in [2.24, 2.45) is 0 Å². The molecule has 1 aromatic carbocycles. The van der Waals surface area contributed by atoms with Gasteiger partial charge in [0, 0.05) is 0 Å². The zero-order chi connectivity index (χ0) is 10.8. The molecule has 1 aromatic rings. The summed E-state index contributed by atoms with van der Waals surface area (Å²) in [6.45, 7) is 3.08. The van der Waals surface area contributed by atoms with Crippen LogP contribution < -0.4 is 0 Å². The van der Waals surface area contributed by atoms with E-state index in [1.54, 1.807) is 12.1 Å². The number of Topliss-reactive ketones (excluding diaryl/α,β-unsaturated/α-hetero) is 1. The molecule has 0 saturated carbocycles. The van der Waals surface area contributed by atoms with Gasteiger partial charge < -0.3 is 0 Å². The van der Waals surface area contributed by atoms with E-state index in [0.717, 1.165) is 5.56 Å². The van der Waals surface area contributed by atoms with Crippen molar-refractivity contribution < 1.29 is 13.2 Å². The Labute approximate surface area is 83.7 Å². The molecule has 0 aliphatic heterocycles. The second kappa shape index (κ2) is 3.92. The number of carbonyl (C=O) groups excluding carboxylic acids is 1. The number of hydrogen-bond acceptors (Lipinski definition) is 3. The lowest BCUT2D eigenvalue weighted by Gasteiger charge is -2.02. The summed E-state index contributed by atoms with van der Waals surface area (Å²) < 4.78 is 23.1. The minimum absolute atomic E-state index is 0.215. The summed E-state index contributed by atoms with van der Waals surface area (Å²) in [5, 5.41) is 0. The normalized spacial score (nSPS) is 11.3. The maximum absolute atomic E-state index is 11.6. The minimum atomic E-state index is -3.43. The van der Waals surface area contributed by atoms with Crippen molar-refractivity contribution in [3.63, 3.8) is 0 Å². The predicted molar refractivity (Wildman–Crippen MR) is 53.9 cm³/mol. The van der Waals surface area contributed by atoms with Crippen molar-refractivity contribution in [1.29, 1.82) is 0 Å². The minimum Gasteiger partial charge on any atom is -0.299 e. The van der Waals surface area contributed by atoms with E-state index in [9.17, 15) is 13.2 Å². The van der Waals surface area contributed by atoms with Gasteiger partial charge in [0.05, 0.1) is 4.90 Å². The zero-order valence-corrected chi connectivity index (χ0v) is 8.97. The highest BCUT2D eigenvalue weighted by atomic mass is 32.2. The molecule has 0 bridgehead atoms. The average Bonchev–Trinajstić information content (AvgIpc) is 2.01. The summed E-state index contributed by atoms with van der Waals surface area (Å²) >= 11 is 0. The Morgan fingerprint density at radius 1 is 1.36 bits per heavy atom. The molecular formula is C10H12O3S. The van der Waals surface area contributed by atoms with Gasteiger partial charge in [-0.1, -0.05) is 12.1 Å². The topological polar surface area (TPSA) is 51.2 Å². The first kappa shape index (κ1) is 10.9. The Morgan fingerprint density at radius 2 is 2.00 bits per heavy atom. The van der Waals surface area contributed by atoms with Crippen molar-refractivity contribution >= 4 is 15.6 Å². The average molecular weight is 212 g/mol. The van der Waals surface area contributed by atoms with Gasteiger partial charge in [-0.25, -0.2) is 8.42 Å². The number of benzene rings is 1. The lowest BCUT2D eigenvalue weighted by atomic mass is 10.2. The molecule has 0 spiro atoms. The van der Waals surface area contributed by atoms with Crippen LogP contribution in [0.5, 0.6) is 0 Å². The van der Waals surface area contributed by atoms with Gasteiger partial charge in [0.1, 0.15) is 11.5 Å². The molecule has 0 saturated heterocycles. The quantitative estimate of drug-likeness (QED) is 0.760. The van der Waals surface area contributed by atoms with E-state index in [4.69, 9.17) is 0 Å². The Hall–Kier alpha value is -1.16. The van der Waals surface area contributed by atoms with Crippen molar-refractivity contribution in [3.8, 4) is 0 Å². The van der Waals surface area contributed by atoms with Crippen LogP contribution in [0.3, 0.4) is 0 Å². The molecule has 0 aliphatic carbocycles. The summed E-state index contributed by atoms with van der Waals surface area (Å²) in [5.74, 6) is -0.761. The molecule has 0 unspecified atom stereocenters. The summed E-state index contributed by atoms with van der Waals surface area (Å²) in [6.07, 6.45) is 0. The second-order valence-electron chi connectivity index (χ2n) is 3.28. The van der Waals surface area contributed by atoms with Crippen LogP contribution >= 0.6 is 0 Å². The van der Waals surface area contributed by atoms with Gasteiger partial charge in [-0.3, -0.25) is 4.79 Å². The van der Waals surface area contributed by atoms with E-state index < -0.39 is 15.6 Å². The van der Waals surface area contributed by atoms with E-state index >= 15 is 0 Å². The highest BCUT2D eigenvalue weighted by Gasteiger charge is 2.16. The van der Waals surface area contributed by atoms with Crippen LogP contribution in [0.15, 0.2) is 29.2 Å². The van der Waals surface area contributed by atoms with Crippen LogP contribution in [0.2, 0.25) is 0 Å². The molecule has 14 heavy (non-hydrogen) atoms. The molecule has 0 radical (unpaired) electrons. The van der Waals surface area contributed by atoms with Crippen LogP contribution in [-0.4, -0.2) is 20.0 Å². The fraction of sp³-hybridized carbons (Fsp3) is 0.300. The molecule has 0 aliphatic rings. The maximum Gasteiger partial charge on any atom is 0.185 e. The van der Waals surface area contributed by atoms with Crippen LogP contribution in [-0.2, 0) is 14.6 Å². The molecule has 76 valence electrons. The predicted octanol–water partition coefficient (Wildman–Crippen LogP) is 1.36. The summed E-state index contributed by atoms with van der Waals surface area (Å²) in [4.78, 5) is 11.0. The number of hydrogen-bond donors (Lipinski definition) is 0. The van der Waals surface area contributed by atoms with E-state index in [1.807, 2.05) is 13.0 Å². The number of aryl methyl sites for hydroxylation is 1. The molecule has 1 rings (SSSR count). The van der Waals surface area contributed by atoms with E-state index in [1.165, 1.54) is 13.0 Å². The molecular weight excluding hydrogens is 200 g/mol. The standard InChI is InChI=1S/C10H12O3S/c1-8-4-3-5-10(6-8)14(12,13)7-9(2)11/h3-6H,7H2,1-2H3. The first-order valence-electron chi connectivity index (χ1n) is 4.21. The smallest absolute Gasteiger partial charge is 0.185 e. The fourth-order valence-electron chi connectivity index (χ4n) is 1.16. The molecule has 3 nitrogen and oxygen atoms in total. The Balaban J connectivity index is 3.11. The van der Waals surface area contributed by atoms with E-state index in [0.29, 0.717) is 0 Å². The Bertz CT molecular complexity index is 446. The van der Waals surface area contributed by atoms with Gasteiger partial charge in [-0.2, -0.15) is 0 Å². The van der Waals surface area contributed by atoms with Crippen LogP contribution in [0, 0.1) is 6.92 Å². The van der Waals surface area contributed by atoms with Crippen molar-refractivity contribution in [2.75, 3.05) is 5.75 Å². The molecule has 0 atom stereocenters. The third-order valence-electron chi connectivity index (χ3n) is 1.74. The molecule has 0 amide bonds. The van der Waals surface area contributed by atoms with Crippen molar-refractivity contribution in [1.82, 2.24) is 0 Å². The molecule has 0 aromatic heterocycles. The van der Waals surface area contributed by atoms with Crippen LogP contribution in [0.1, 0.15) is 12.5 Å². The lowest BCUT2D eigenvalue weighted by molar-refractivity contribution is -0.114. The summed E-state index contributed by atoms with van der Waals surface area (Å²) in [7, 11) is -3.43. The highest BCUT2D eigenvalue weighted by Crippen LogP contribution is 2.12. The van der Waals surface area contributed by atoms with Crippen molar-refractivity contribution in [2.45, 2.75) is 18.7 Å². The Kier molecular flexibility index (Phi) is 3.06. The third-order valence-corrected chi connectivity index (χ3v) is 3.50. The van der Waals surface area contributed by atoms with Crippen molar-refractivity contribution in [3.05, 3.63) is 29.8 Å². The van der Waals surface area contributed by atoms with Crippen LogP contribution in [0.25, 0.3) is 0 Å². The van der Waals surface area contributed by atoms with Gasteiger partial charge in [0.25, 0.3) is 0 Å². The highest BCUT2D eigenvalue weighted by molar-refractivity contribution is 7.92. The number of rotatable bonds is 3. The summed E-state index contributed by atoms with van der Waals surface area (Å²) in [6, 6.07) is 6.55. The van der Waals surface area contributed by atoms with Gasteiger partial charge in [-0.15, -0.1) is 0 Å². The molecule has 0 heterocycles.